The minimum Gasteiger partial charge on any atom is -0.379 e. The maximum Gasteiger partial charge on any atom is 0.250 e. The molecule has 1 saturated heterocycles. The Labute approximate surface area is 142 Å². The summed E-state index contributed by atoms with van der Waals surface area (Å²) in [6.07, 6.45) is 5.44. The van der Waals surface area contributed by atoms with Crippen LogP contribution in [0.15, 0.2) is 24.4 Å². The third-order valence-electron chi connectivity index (χ3n) is 4.75. The first-order valence-corrected chi connectivity index (χ1v) is 8.46. The fourth-order valence-electron chi connectivity index (χ4n) is 3.15. The Morgan fingerprint density at radius 2 is 2.04 bits per heavy atom. The topological polar surface area (TPSA) is 76.2 Å². The lowest BCUT2D eigenvalue weighted by Gasteiger charge is -2.30. The van der Waals surface area contributed by atoms with Crippen molar-refractivity contribution in [1.82, 2.24) is 9.55 Å². The Morgan fingerprint density at radius 1 is 1.29 bits per heavy atom. The van der Waals surface area contributed by atoms with Gasteiger partial charge in [0.25, 0.3) is 5.91 Å². The van der Waals surface area contributed by atoms with Crippen molar-refractivity contribution in [3.63, 3.8) is 0 Å². The van der Waals surface area contributed by atoms with E-state index in [-0.39, 0.29) is 5.91 Å². The van der Waals surface area contributed by atoms with Crippen molar-refractivity contribution >= 4 is 17.3 Å². The molecule has 1 aliphatic heterocycles. The van der Waals surface area contributed by atoms with Gasteiger partial charge in [-0.05, 0) is 44.4 Å². The molecule has 2 heterocycles. The maximum atomic E-state index is 11.8. The van der Waals surface area contributed by atoms with Crippen LogP contribution >= 0.6 is 0 Å². The Hall–Kier alpha value is -2.50. The molecule has 6 heteroatoms. The van der Waals surface area contributed by atoms with Gasteiger partial charge in [0.15, 0.2) is 0 Å². The Morgan fingerprint density at radius 3 is 2.67 bits per heavy atom. The summed E-state index contributed by atoms with van der Waals surface area (Å²) in [4.78, 5) is 18.3. The van der Waals surface area contributed by atoms with E-state index in [4.69, 9.17) is 5.73 Å². The highest BCUT2D eigenvalue weighted by atomic mass is 16.1. The number of imidazole rings is 1. The molecule has 0 saturated carbocycles. The number of piperidine rings is 1. The quantitative estimate of drug-likeness (QED) is 0.884. The van der Waals surface area contributed by atoms with E-state index in [1.165, 1.54) is 6.42 Å². The number of carbonyl (C=O) groups is 1. The number of carbonyl (C=O) groups excluding carboxylic acids is 1. The number of hydrogen-bond donors (Lipinski definition) is 2. The Bertz CT molecular complexity index is 731. The molecule has 24 heavy (non-hydrogen) atoms. The monoisotopic (exact) mass is 327 g/mol. The van der Waals surface area contributed by atoms with Crippen LogP contribution in [0.5, 0.6) is 0 Å². The van der Waals surface area contributed by atoms with Crippen LogP contribution in [0, 0.1) is 6.92 Å². The average Bonchev–Trinajstić information content (AvgIpc) is 2.92. The Balaban J connectivity index is 1.81. The van der Waals surface area contributed by atoms with Crippen LogP contribution in [0.4, 0.5) is 11.4 Å². The van der Waals surface area contributed by atoms with E-state index in [0.717, 1.165) is 48.8 Å². The minimum atomic E-state index is -0.371. The fraction of sp³-hybridized carbons (Fsp3) is 0.444. The number of rotatable bonds is 5. The second-order valence-electron chi connectivity index (χ2n) is 6.35. The van der Waals surface area contributed by atoms with Crippen molar-refractivity contribution in [1.29, 1.82) is 0 Å². The van der Waals surface area contributed by atoms with Gasteiger partial charge in [-0.3, -0.25) is 4.79 Å². The minimum absolute atomic E-state index is 0.371. The lowest BCUT2D eigenvalue weighted by molar-refractivity contribution is 0.100. The van der Waals surface area contributed by atoms with Crippen molar-refractivity contribution < 1.29 is 4.79 Å². The molecule has 1 aromatic heterocycles. The molecule has 0 aliphatic carbocycles. The van der Waals surface area contributed by atoms with Crippen LogP contribution in [-0.4, -0.2) is 28.5 Å². The SMILES string of the molecule is Cc1ncc(CNc2ccc(C(N)=O)c(N3CCCCC3)c2)n1C. The summed E-state index contributed by atoms with van der Waals surface area (Å²) < 4.78 is 2.07. The molecule has 0 unspecified atom stereocenters. The standard InChI is InChI=1S/C18H25N5O/c1-13-20-11-15(22(13)2)12-21-14-6-7-16(18(19)24)17(10-14)23-8-4-3-5-9-23/h6-7,10-11,21H,3-5,8-9,12H2,1-2H3,(H2,19,24). The van der Waals surface area contributed by atoms with E-state index in [9.17, 15) is 4.79 Å². The van der Waals surface area contributed by atoms with E-state index >= 15 is 0 Å². The molecule has 128 valence electrons. The molecule has 2 aromatic rings. The van der Waals surface area contributed by atoms with Gasteiger partial charge in [0.1, 0.15) is 5.82 Å². The zero-order valence-corrected chi connectivity index (χ0v) is 14.4. The lowest BCUT2D eigenvalue weighted by Crippen LogP contribution is -2.31. The van der Waals surface area contributed by atoms with Crippen LogP contribution in [0.2, 0.25) is 0 Å². The van der Waals surface area contributed by atoms with Crippen molar-refractivity contribution in [2.24, 2.45) is 12.8 Å². The maximum absolute atomic E-state index is 11.8. The molecular weight excluding hydrogens is 302 g/mol. The molecule has 1 aliphatic rings. The highest BCUT2D eigenvalue weighted by Crippen LogP contribution is 2.27. The van der Waals surface area contributed by atoms with Gasteiger partial charge in [-0.2, -0.15) is 0 Å². The number of nitrogens with two attached hydrogens (primary N) is 1. The fourth-order valence-corrected chi connectivity index (χ4v) is 3.15. The molecule has 1 aromatic carbocycles. The third-order valence-corrected chi connectivity index (χ3v) is 4.75. The molecule has 0 radical (unpaired) electrons. The highest BCUT2D eigenvalue weighted by molar-refractivity contribution is 5.99. The second-order valence-corrected chi connectivity index (χ2v) is 6.35. The van der Waals surface area contributed by atoms with Gasteiger partial charge in [0.05, 0.1) is 29.7 Å². The number of benzene rings is 1. The first-order valence-electron chi connectivity index (χ1n) is 8.46. The van der Waals surface area contributed by atoms with E-state index in [2.05, 4.69) is 19.8 Å². The summed E-state index contributed by atoms with van der Waals surface area (Å²) in [6.45, 7) is 4.63. The van der Waals surface area contributed by atoms with E-state index in [1.807, 2.05) is 38.4 Å². The number of nitrogens with one attached hydrogen (secondary N) is 1. The van der Waals surface area contributed by atoms with Gasteiger partial charge in [-0.1, -0.05) is 0 Å². The van der Waals surface area contributed by atoms with Crippen molar-refractivity contribution in [3.05, 3.63) is 41.5 Å². The molecule has 0 bridgehead atoms. The number of amides is 1. The van der Waals surface area contributed by atoms with Crippen LogP contribution in [0.25, 0.3) is 0 Å². The molecule has 6 nitrogen and oxygen atoms in total. The van der Waals surface area contributed by atoms with Crippen molar-refractivity contribution in [2.75, 3.05) is 23.3 Å². The van der Waals surface area contributed by atoms with Crippen LogP contribution in [-0.2, 0) is 13.6 Å². The van der Waals surface area contributed by atoms with Gasteiger partial charge in [0, 0.05) is 25.8 Å². The number of aromatic nitrogens is 2. The van der Waals surface area contributed by atoms with Crippen molar-refractivity contribution in [2.45, 2.75) is 32.7 Å². The zero-order chi connectivity index (χ0) is 17.1. The molecule has 1 amide bonds. The van der Waals surface area contributed by atoms with Gasteiger partial charge >= 0.3 is 0 Å². The molecule has 1 fully saturated rings. The average molecular weight is 327 g/mol. The molecule has 0 spiro atoms. The summed E-state index contributed by atoms with van der Waals surface area (Å²) in [5, 5.41) is 3.42. The van der Waals surface area contributed by atoms with Gasteiger partial charge in [0.2, 0.25) is 0 Å². The summed E-state index contributed by atoms with van der Waals surface area (Å²) in [6, 6.07) is 5.77. The molecule has 3 rings (SSSR count). The normalized spacial score (nSPS) is 14.7. The highest BCUT2D eigenvalue weighted by Gasteiger charge is 2.17. The van der Waals surface area contributed by atoms with Gasteiger partial charge < -0.3 is 20.5 Å². The summed E-state index contributed by atoms with van der Waals surface area (Å²) in [5.74, 6) is 0.620. The van der Waals surface area contributed by atoms with Gasteiger partial charge in [-0.25, -0.2) is 4.98 Å². The first kappa shape index (κ1) is 16.4. The van der Waals surface area contributed by atoms with Crippen LogP contribution < -0.4 is 16.0 Å². The second kappa shape index (κ2) is 6.95. The zero-order valence-electron chi connectivity index (χ0n) is 14.4. The summed E-state index contributed by atoms with van der Waals surface area (Å²) >= 11 is 0. The summed E-state index contributed by atoms with van der Waals surface area (Å²) in [5.41, 5.74) is 9.20. The first-order chi connectivity index (χ1) is 11.6. The molecular formula is C18H25N5O. The number of aryl methyl sites for hydroxylation is 1. The predicted octanol–water partition coefficient (Wildman–Crippen LogP) is 2.43. The van der Waals surface area contributed by atoms with E-state index in [1.54, 1.807) is 0 Å². The van der Waals surface area contributed by atoms with Gasteiger partial charge in [-0.15, -0.1) is 0 Å². The largest absolute Gasteiger partial charge is 0.379 e. The number of primary amides is 1. The smallest absolute Gasteiger partial charge is 0.250 e. The van der Waals surface area contributed by atoms with Crippen LogP contribution in [0.3, 0.4) is 0 Å². The number of hydrogen-bond acceptors (Lipinski definition) is 4. The van der Waals surface area contributed by atoms with Crippen LogP contribution in [0.1, 0.15) is 41.1 Å². The molecule has 0 atom stereocenters. The number of anilines is 2. The Kier molecular flexibility index (Phi) is 4.74. The lowest BCUT2D eigenvalue weighted by atomic mass is 10.1. The predicted molar refractivity (Wildman–Crippen MR) is 96.3 cm³/mol. The van der Waals surface area contributed by atoms with Crippen molar-refractivity contribution in [3.8, 4) is 0 Å². The number of nitrogens with zero attached hydrogens (tertiary/aromatic N) is 3. The molecule has 3 N–H and O–H groups in total. The van der Waals surface area contributed by atoms with E-state index < -0.39 is 0 Å². The summed E-state index contributed by atoms with van der Waals surface area (Å²) in [7, 11) is 2.01. The third kappa shape index (κ3) is 3.37. The van der Waals surface area contributed by atoms with E-state index in [0.29, 0.717) is 12.1 Å².